The van der Waals surface area contributed by atoms with Crippen molar-refractivity contribution in [1.82, 2.24) is 10.3 Å². The fourth-order valence-electron chi connectivity index (χ4n) is 2.75. The molecule has 1 aromatic rings. The number of hydrogen-bond acceptors (Lipinski definition) is 4. The zero-order chi connectivity index (χ0) is 14.4. The molecule has 2 aliphatic heterocycles. The van der Waals surface area contributed by atoms with Crippen LogP contribution in [0.25, 0.3) is 0 Å². The number of hydrogen-bond donors (Lipinski definition) is 1. The van der Waals surface area contributed by atoms with E-state index in [0.717, 1.165) is 18.6 Å². The van der Waals surface area contributed by atoms with Crippen molar-refractivity contribution in [3.8, 4) is 0 Å². The van der Waals surface area contributed by atoms with Crippen molar-refractivity contribution in [3.05, 3.63) is 24.0 Å². The second kappa shape index (κ2) is 4.83. The number of rotatable bonds is 2. The molecule has 1 N–H and O–H groups in total. The van der Waals surface area contributed by atoms with Gasteiger partial charge in [-0.25, -0.2) is 0 Å². The largest absolute Gasteiger partial charge is 0.496 e. The van der Waals surface area contributed by atoms with Crippen molar-refractivity contribution in [2.75, 3.05) is 13.1 Å². The molecule has 4 nitrogen and oxygen atoms in total. The van der Waals surface area contributed by atoms with Crippen LogP contribution in [0.5, 0.6) is 0 Å². The molecule has 0 unspecified atom stereocenters. The first-order valence-electron chi connectivity index (χ1n) is 7.40. The summed E-state index contributed by atoms with van der Waals surface area (Å²) in [5.41, 5.74) is 1.70. The van der Waals surface area contributed by atoms with Crippen molar-refractivity contribution >= 4 is 12.6 Å². The summed E-state index contributed by atoms with van der Waals surface area (Å²) in [5.74, 6) is 0.560. The zero-order valence-electron chi connectivity index (χ0n) is 12.8. The molecule has 0 spiro atoms. The second-order valence-electron chi connectivity index (χ2n) is 6.83. The van der Waals surface area contributed by atoms with Crippen molar-refractivity contribution in [3.63, 3.8) is 0 Å². The normalized spacial score (nSPS) is 28.0. The van der Waals surface area contributed by atoms with Crippen LogP contribution in [0.4, 0.5) is 0 Å². The molecule has 0 aliphatic carbocycles. The average Bonchev–Trinajstić information content (AvgIpc) is 2.97. The van der Waals surface area contributed by atoms with Gasteiger partial charge < -0.3 is 14.6 Å². The highest BCUT2D eigenvalue weighted by Crippen LogP contribution is 2.36. The molecule has 0 amide bonds. The lowest BCUT2D eigenvalue weighted by molar-refractivity contribution is 0.00578. The molecular formula is C15H23BN2O2. The van der Waals surface area contributed by atoms with E-state index < -0.39 is 0 Å². The molecule has 2 saturated heterocycles. The number of nitrogens with one attached hydrogen (secondary N) is 1. The predicted molar refractivity (Wildman–Crippen MR) is 80.2 cm³/mol. The Bertz CT molecular complexity index is 482. The van der Waals surface area contributed by atoms with Gasteiger partial charge >= 0.3 is 7.12 Å². The van der Waals surface area contributed by atoms with Gasteiger partial charge in [0.05, 0.1) is 11.2 Å². The first-order valence-corrected chi connectivity index (χ1v) is 7.40. The molecule has 20 heavy (non-hydrogen) atoms. The molecule has 3 heterocycles. The molecular weight excluding hydrogens is 251 g/mol. The predicted octanol–water partition coefficient (Wildman–Crippen LogP) is 1.46. The third kappa shape index (κ3) is 2.38. The summed E-state index contributed by atoms with van der Waals surface area (Å²) in [7, 11) is -0.318. The second-order valence-corrected chi connectivity index (χ2v) is 6.83. The van der Waals surface area contributed by atoms with Crippen LogP contribution in [0, 0.1) is 0 Å². The fraction of sp³-hybridized carbons (Fsp3) is 0.667. The molecule has 1 atom stereocenters. The highest BCUT2D eigenvalue weighted by molar-refractivity contribution is 6.62. The Kier molecular flexibility index (Phi) is 3.39. The smallest absolute Gasteiger partial charge is 0.399 e. The van der Waals surface area contributed by atoms with Crippen LogP contribution in [0.3, 0.4) is 0 Å². The Labute approximate surface area is 121 Å². The Morgan fingerprint density at radius 1 is 1.20 bits per heavy atom. The van der Waals surface area contributed by atoms with Gasteiger partial charge in [-0.3, -0.25) is 4.98 Å². The van der Waals surface area contributed by atoms with E-state index in [0.29, 0.717) is 5.92 Å². The lowest BCUT2D eigenvalue weighted by atomic mass is 9.79. The minimum Gasteiger partial charge on any atom is -0.399 e. The zero-order valence-corrected chi connectivity index (χ0v) is 12.8. The van der Waals surface area contributed by atoms with Gasteiger partial charge in [0, 0.05) is 24.4 Å². The van der Waals surface area contributed by atoms with Gasteiger partial charge in [-0.05, 0) is 52.1 Å². The molecule has 2 aliphatic rings. The maximum absolute atomic E-state index is 6.09. The van der Waals surface area contributed by atoms with E-state index in [2.05, 4.69) is 44.1 Å². The third-order valence-electron chi connectivity index (χ3n) is 4.84. The molecule has 0 aromatic carbocycles. The molecule has 0 bridgehead atoms. The Morgan fingerprint density at radius 2 is 1.90 bits per heavy atom. The number of aromatic nitrogens is 1. The van der Waals surface area contributed by atoms with E-state index in [4.69, 9.17) is 9.31 Å². The standard InChI is InChI=1S/C15H23BN2O2/c1-14(2)15(3,4)20-16(19-14)13-7-12(9-18-10-13)11-5-6-17-8-11/h7,9-11,17H,5-6,8H2,1-4H3/t11-/m0/s1. The lowest BCUT2D eigenvalue weighted by Gasteiger charge is -2.32. The van der Waals surface area contributed by atoms with E-state index >= 15 is 0 Å². The van der Waals surface area contributed by atoms with Crippen molar-refractivity contribution in [2.45, 2.75) is 51.2 Å². The molecule has 108 valence electrons. The highest BCUT2D eigenvalue weighted by Gasteiger charge is 2.51. The Balaban J connectivity index is 1.83. The van der Waals surface area contributed by atoms with Crippen LogP contribution < -0.4 is 10.8 Å². The van der Waals surface area contributed by atoms with Crippen molar-refractivity contribution in [2.24, 2.45) is 0 Å². The Hall–Kier alpha value is -0.905. The summed E-state index contributed by atoms with van der Waals surface area (Å²) in [6.45, 7) is 10.4. The van der Waals surface area contributed by atoms with Crippen LogP contribution in [0.15, 0.2) is 18.5 Å². The van der Waals surface area contributed by atoms with Crippen LogP contribution in [-0.2, 0) is 9.31 Å². The fourth-order valence-corrected chi connectivity index (χ4v) is 2.75. The minimum absolute atomic E-state index is 0.303. The van der Waals surface area contributed by atoms with Crippen molar-refractivity contribution < 1.29 is 9.31 Å². The molecule has 0 radical (unpaired) electrons. The van der Waals surface area contributed by atoms with Gasteiger partial charge in [-0.1, -0.05) is 6.07 Å². The minimum atomic E-state index is -0.318. The third-order valence-corrected chi connectivity index (χ3v) is 4.84. The van der Waals surface area contributed by atoms with Gasteiger partial charge in [0.2, 0.25) is 0 Å². The molecule has 5 heteroatoms. The van der Waals surface area contributed by atoms with Crippen LogP contribution in [-0.4, -0.2) is 36.4 Å². The molecule has 3 rings (SSSR count). The summed E-state index contributed by atoms with van der Waals surface area (Å²) in [6.07, 6.45) is 4.99. The lowest BCUT2D eigenvalue weighted by Crippen LogP contribution is -2.41. The van der Waals surface area contributed by atoms with E-state index in [-0.39, 0.29) is 18.3 Å². The summed E-state index contributed by atoms with van der Waals surface area (Å²) >= 11 is 0. The van der Waals surface area contributed by atoms with E-state index in [1.165, 1.54) is 12.0 Å². The van der Waals surface area contributed by atoms with Crippen LogP contribution in [0.1, 0.15) is 45.6 Å². The SMILES string of the molecule is CC1(C)OB(c2cncc([C@H]3CCNC3)c2)OC1(C)C. The molecule has 1 aromatic heterocycles. The van der Waals surface area contributed by atoms with Gasteiger partial charge in [-0.15, -0.1) is 0 Å². The summed E-state index contributed by atoms with van der Waals surface area (Å²) in [4.78, 5) is 4.38. The summed E-state index contributed by atoms with van der Waals surface area (Å²) < 4.78 is 12.2. The van der Waals surface area contributed by atoms with Gasteiger partial charge in [-0.2, -0.15) is 0 Å². The van der Waals surface area contributed by atoms with E-state index in [1.54, 1.807) is 0 Å². The maximum atomic E-state index is 6.09. The van der Waals surface area contributed by atoms with Gasteiger partial charge in [0.15, 0.2) is 0 Å². The highest BCUT2D eigenvalue weighted by atomic mass is 16.7. The average molecular weight is 274 g/mol. The van der Waals surface area contributed by atoms with Crippen molar-refractivity contribution in [1.29, 1.82) is 0 Å². The van der Waals surface area contributed by atoms with Crippen LogP contribution >= 0.6 is 0 Å². The Morgan fingerprint density at radius 3 is 2.50 bits per heavy atom. The van der Waals surface area contributed by atoms with Gasteiger partial charge in [0.25, 0.3) is 0 Å². The monoisotopic (exact) mass is 274 g/mol. The first kappa shape index (κ1) is 14.0. The van der Waals surface area contributed by atoms with Crippen LogP contribution in [0.2, 0.25) is 0 Å². The quantitative estimate of drug-likeness (QED) is 0.829. The summed E-state index contributed by atoms with van der Waals surface area (Å²) in [5, 5.41) is 3.40. The molecule has 2 fully saturated rings. The van der Waals surface area contributed by atoms with E-state index in [1.807, 2.05) is 12.4 Å². The topological polar surface area (TPSA) is 43.4 Å². The van der Waals surface area contributed by atoms with E-state index in [9.17, 15) is 0 Å². The number of pyridine rings is 1. The summed E-state index contributed by atoms with van der Waals surface area (Å²) in [6, 6.07) is 2.19. The van der Waals surface area contributed by atoms with Gasteiger partial charge in [0.1, 0.15) is 0 Å². The molecule has 0 saturated carbocycles. The maximum Gasteiger partial charge on any atom is 0.496 e. The number of nitrogens with zero attached hydrogens (tertiary/aromatic N) is 1. The first-order chi connectivity index (χ1) is 9.39.